The van der Waals surface area contributed by atoms with Crippen molar-refractivity contribution < 1.29 is 14.3 Å². The van der Waals surface area contributed by atoms with E-state index in [9.17, 15) is 4.79 Å². The predicted octanol–water partition coefficient (Wildman–Crippen LogP) is 2.01. The average molecular weight is 287 g/mol. The molecule has 112 valence electrons. The molecule has 1 aromatic carbocycles. The molecule has 1 N–H and O–H groups in total. The lowest BCUT2D eigenvalue weighted by Crippen LogP contribution is -2.50. The highest BCUT2D eigenvalue weighted by Gasteiger charge is 2.37. The summed E-state index contributed by atoms with van der Waals surface area (Å²) in [6, 6.07) is 7.61. The number of rotatable bonds is 2. The molecule has 1 aliphatic heterocycles. The molecule has 21 heavy (non-hydrogen) atoms. The van der Waals surface area contributed by atoms with Crippen molar-refractivity contribution in [2.75, 3.05) is 13.2 Å². The van der Waals surface area contributed by atoms with Gasteiger partial charge in [0.15, 0.2) is 0 Å². The summed E-state index contributed by atoms with van der Waals surface area (Å²) in [5, 5.41) is 3.04. The number of amides is 1. The Balaban J connectivity index is 2.21. The first kappa shape index (κ1) is 15.9. The number of hydrogen-bond acceptors (Lipinski definition) is 3. The van der Waals surface area contributed by atoms with Gasteiger partial charge in [-0.3, -0.25) is 0 Å². The number of hydrogen-bond donors (Lipinski definition) is 1. The van der Waals surface area contributed by atoms with Crippen LogP contribution in [0.4, 0.5) is 4.79 Å². The van der Waals surface area contributed by atoms with Crippen LogP contribution in [0.5, 0.6) is 0 Å². The Bertz CT molecular complexity index is 487. The Morgan fingerprint density at radius 1 is 1.24 bits per heavy atom. The van der Waals surface area contributed by atoms with E-state index in [1.807, 2.05) is 45.0 Å². The van der Waals surface area contributed by atoms with Gasteiger partial charge in [-0.05, 0) is 39.2 Å². The summed E-state index contributed by atoms with van der Waals surface area (Å²) in [4.78, 5) is 12.2. The van der Waals surface area contributed by atoms with Crippen LogP contribution in [0.25, 0.3) is 0 Å². The van der Waals surface area contributed by atoms with Gasteiger partial charge in [0.05, 0.1) is 5.54 Å². The molecule has 1 amide bonds. The van der Waals surface area contributed by atoms with Crippen molar-refractivity contribution >= 4 is 19.4 Å². The van der Waals surface area contributed by atoms with Crippen LogP contribution in [0.15, 0.2) is 24.3 Å². The van der Waals surface area contributed by atoms with E-state index in [-0.39, 0.29) is 0 Å². The molecule has 0 bridgehead atoms. The van der Waals surface area contributed by atoms with Gasteiger partial charge in [0, 0.05) is 13.2 Å². The maximum atomic E-state index is 12.2. The summed E-state index contributed by atoms with van der Waals surface area (Å²) in [6.45, 7) is 6.78. The van der Waals surface area contributed by atoms with Crippen molar-refractivity contribution in [3.05, 3.63) is 29.8 Å². The van der Waals surface area contributed by atoms with E-state index in [0.717, 1.165) is 18.4 Å². The molecule has 0 atom stereocenters. The van der Waals surface area contributed by atoms with E-state index in [2.05, 4.69) is 5.32 Å². The largest absolute Gasteiger partial charge is 0.444 e. The van der Waals surface area contributed by atoms with Crippen molar-refractivity contribution in [3.8, 4) is 0 Å². The topological polar surface area (TPSA) is 47.6 Å². The molecule has 1 fully saturated rings. The molecule has 4 nitrogen and oxygen atoms in total. The molecule has 1 saturated heterocycles. The highest BCUT2D eigenvalue weighted by atomic mass is 16.6. The normalized spacial score (nSPS) is 18.0. The van der Waals surface area contributed by atoms with Crippen molar-refractivity contribution in [2.45, 2.75) is 44.8 Å². The van der Waals surface area contributed by atoms with Crippen LogP contribution in [0.1, 0.15) is 39.2 Å². The quantitative estimate of drug-likeness (QED) is 0.846. The molecule has 1 heterocycles. The second kappa shape index (κ2) is 6.10. The van der Waals surface area contributed by atoms with Crippen molar-refractivity contribution in [2.24, 2.45) is 0 Å². The molecule has 0 aliphatic carbocycles. The fraction of sp³-hybridized carbons (Fsp3) is 0.562. The highest BCUT2D eigenvalue weighted by Crippen LogP contribution is 2.32. The fourth-order valence-corrected chi connectivity index (χ4v) is 2.51. The van der Waals surface area contributed by atoms with E-state index in [0.29, 0.717) is 18.7 Å². The molecule has 5 heteroatoms. The molecule has 0 aromatic heterocycles. The summed E-state index contributed by atoms with van der Waals surface area (Å²) >= 11 is 0. The first-order valence-electron chi connectivity index (χ1n) is 7.26. The minimum absolute atomic E-state index is 0.402. The second-order valence-corrected chi connectivity index (χ2v) is 6.44. The van der Waals surface area contributed by atoms with Crippen LogP contribution in [-0.2, 0) is 15.0 Å². The summed E-state index contributed by atoms with van der Waals surface area (Å²) in [6.07, 6.45) is 1.04. The summed E-state index contributed by atoms with van der Waals surface area (Å²) in [5.41, 5.74) is 0.773. The minimum atomic E-state index is -0.516. The Morgan fingerprint density at radius 3 is 2.33 bits per heavy atom. The maximum absolute atomic E-state index is 12.2. The fourth-order valence-electron chi connectivity index (χ4n) is 2.51. The molecular weight excluding hydrogens is 265 g/mol. The number of benzene rings is 1. The van der Waals surface area contributed by atoms with Gasteiger partial charge in [-0.25, -0.2) is 4.79 Å². The SMILES string of the molecule is [B]c1ccc(C2(NC(=O)OC(C)(C)C)CCOCC2)cc1. The Morgan fingerprint density at radius 2 is 1.81 bits per heavy atom. The van der Waals surface area contributed by atoms with Crippen LogP contribution in [0, 0.1) is 0 Å². The summed E-state index contributed by atoms with van der Waals surface area (Å²) < 4.78 is 10.8. The van der Waals surface area contributed by atoms with Gasteiger partial charge in [0.25, 0.3) is 0 Å². The predicted molar refractivity (Wildman–Crippen MR) is 82.9 cm³/mol. The van der Waals surface area contributed by atoms with Gasteiger partial charge in [-0.2, -0.15) is 0 Å². The smallest absolute Gasteiger partial charge is 0.408 e. The lowest BCUT2D eigenvalue weighted by Gasteiger charge is -2.39. The minimum Gasteiger partial charge on any atom is -0.444 e. The zero-order valence-corrected chi connectivity index (χ0v) is 12.9. The van der Waals surface area contributed by atoms with Gasteiger partial charge in [-0.15, -0.1) is 0 Å². The van der Waals surface area contributed by atoms with Gasteiger partial charge >= 0.3 is 6.09 Å². The Labute approximate surface area is 127 Å². The van der Waals surface area contributed by atoms with E-state index >= 15 is 0 Å². The van der Waals surface area contributed by atoms with Crippen LogP contribution in [0.3, 0.4) is 0 Å². The van der Waals surface area contributed by atoms with Gasteiger partial charge in [0.1, 0.15) is 13.4 Å². The van der Waals surface area contributed by atoms with Gasteiger partial charge in [-0.1, -0.05) is 29.7 Å². The lowest BCUT2D eigenvalue weighted by atomic mass is 9.81. The van der Waals surface area contributed by atoms with Crippen LogP contribution >= 0.6 is 0 Å². The summed E-state index contributed by atoms with van der Waals surface area (Å²) in [7, 11) is 5.75. The number of nitrogens with one attached hydrogen (secondary N) is 1. The highest BCUT2D eigenvalue weighted by molar-refractivity contribution is 6.32. The third-order valence-electron chi connectivity index (χ3n) is 3.55. The zero-order valence-electron chi connectivity index (χ0n) is 12.9. The first-order chi connectivity index (χ1) is 9.81. The van der Waals surface area contributed by atoms with Crippen LogP contribution in [-0.4, -0.2) is 32.8 Å². The second-order valence-electron chi connectivity index (χ2n) is 6.44. The number of carbonyl (C=O) groups excluding carboxylic acids is 1. The molecule has 2 rings (SSSR count). The number of alkyl carbamates (subject to hydrolysis) is 1. The van der Waals surface area contributed by atoms with Crippen molar-refractivity contribution in [1.29, 1.82) is 0 Å². The van der Waals surface area contributed by atoms with Gasteiger partial charge < -0.3 is 14.8 Å². The number of ether oxygens (including phenoxy) is 2. The van der Waals surface area contributed by atoms with E-state index in [1.165, 1.54) is 0 Å². The standard InChI is InChI=1S/C16H22BNO3/c1-15(2,3)21-14(19)18-16(8-10-20-11-9-16)12-4-6-13(17)7-5-12/h4-7H,8-11H2,1-3H3,(H,18,19). The molecule has 1 aliphatic rings. The van der Waals surface area contributed by atoms with Crippen molar-refractivity contribution in [3.63, 3.8) is 0 Å². The van der Waals surface area contributed by atoms with E-state index in [1.54, 1.807) is 0 Å². The molecule has 0 unspecified atom stereocenters. The Kier molecular flexibility index (Phi) is 4.62. The third kappa shape index (κ3) is 4.24. The first-order valence-corrected chi connectivity index (χ1v) is 7.26. The Hall–Kier alpha value is -1.49. The zero-order chi connectivity index (χ0) is 15.5. The monoisotopic (exact) mass is 287 g/mol. The van der Waals surface area contributed by atoms with E-state index < -0.39 is 17.2 Å². The van der Waals surface area contributed by atoms with Gasteiger partial charge in [0.2, 0.25) is 0 Å². The van der Waals surface area contributed by atoms with Crippen LogP contribution in [0.2, 0.25) is 0 Å². The lowest BCUT2D eigenvalue weighted by molar-refractivity contribution is 0.0157. The summed E-state index contributed by atoms with van der Waals surface area (Å²) in [5.74, 6) is 0. The average Bonchev–Trinajstić information content (AvgIpc) is 2.38. The van der Waals surface area contributed by atoms with E-state index in [4.69, 9.17) is 17.3 Å². The molecule has 0 saturated carbocycles. The molecular formula is C16H22BNO3. The maximum Gasteiger partial charge on any atom is 0.408 e. The van der Waals surface area contributed by atoms with Crippen LogP contribution < -0.4 is 10.8 Å². The third-order valence-corrected chi connectivity index (χ3v) is 3.55. The van der Waals surface area contributed by atoms with Crippen molar-refractivity contribution in [1.82, 2.24) is 5.32 Å². The molecule has 1 aromatic rings. The molecule has 2 radical (unpaired) electrons. The molecule has 0 spiro atoms. The number of carbonyl (C=O) groups is 1.